The summed E-state index contributed by atoms with van der Waals surface area (Å²) < 4.78 is 42.9. The number of benzene rings is 1. The van der Waals surface area contributed by atoms with Crippen LogP contribution in [0.5, 0.6) is 0 Å². The Morgan fingerprint density at radius 3 is 2.59 bits per heavy atom. The van der Waals surface area contributed by atoms with E-state index in [9.17, 15) is 13.2 Å². The lowest BCUT2D eigenvalue weighted by atomic mass is 10.1. The van der Waals surface area contributed by atoms with E-state index < -0.39 is 23.8 Å². The van der Waals surface area contributed by atoms with Crippen LogP contribution in [0.4, 0.5) is 19.1 Å². The van der Waals surface area contributed by atoms with Crippen LogP contribution >= 0.6 is 11.6 Å². The van der Waals surface area contributed by atoms with Crippen molar-refractivity contribution >= 4 is 28.6 Å². The molecule has 0 spiro atoms. The maximum Gasteiger partial charge on any atom is 0.207 e. The Morgan fingerprint density at radius 2 is 1.89 bits per heavy atom. The van der Waals surface area contributed by atoms with Crippen LogP contribution < -0.4 is 10.6 Å². The number of rotatable bonds is 3. The molecule has 142 valence electrons. The van der Waals surface area contributed by atoms with Crippen LogP contribution in [0.2, 0.25) is 5.02 Å². The highest BCUT2D eigenvalue weighted by atomic mass is 35.5. The molecule has 4 rings (SSSR count). The van der Waals surface area contributed by atoms with Gasteiger partial charge in [-0.3, -0.25) is 0 Å². The van der Waals surface area contributed by atoms with Crippen LogP contribution in [0.1, 0.15) is 12.2 Å². The van der Waals surface area contributed by atoms with E-state index in [0.717, 1.165) is 12.1 Å². The summed E-state index contributed by atoms with van der Waals surface area (Å²) in [6, 6.07) is 1.46. The van der Waals surface area contributed by atoms with Gasteiger partial charge in [0.25, 0.3) is 0 Å². The molecule has 3 aromatic rings. The number of fused-ring (bicyclic) bond motifs is 1. The fraction of sp³-hybridized carbons (Fsp3) is 0.353. The van der Waals surface area contributed by atoms with Crippen LogP contribution in [0.3, 0.4) is 0 Å². The predicted molar refractivity (Wildman–Crippen MR) is 95.5 cm³/mol. The average molecular weight is 397 g/mol. The molecule has 6 nitrogen and oxygen atoms in total. The molecule has 2 atom stereocenters. The van der Waals surface area contributed by atoms with Gasteiger partial charge in [0.15, 0.2) is 11.6 Å². The van der Waals surface area contributed by atoms with Crippen LogP contribution in [0, 0.1) is 11.6 Å². The van der Waals surface area contributed by atoms with Gasteiger partial charge in [-0.15, -0.1) is 0 Å². The summed E-state index contributed by atoms with van der Waals surface area (Å²) in [4.78, 5) is 14.5. The van der Waals surface area contributed by atoms with E-state index in [0.29, 0.717) is 28.9 Å². The number of nitrogens with two attached hydrogens (primary N) is 1. The molecule has 1 aromatic carbocycles. The zero-order valence-electron chi connectivity index (χ0n) is 14.1. The number of hydrogen-bond acceptors (Lipinski definition) is 5. The van der Waals surface area contributed by atoms with Crippen molar-refractivity contribution in [1.29, 1.82) is 0 Å². The molecular weight excluding hydrogens is 381 g/mol. The molecule has 3 heterocycles. The Balaban J connectivity index is 1.80. The monoisotopic (exact) mass is 396 g/mol. The largest absolute Gasteiger partial charge is 0.340 e. The summed E-state index contributed by atoms with van der Waals surface area (Å²) in [6.45, 7) is 0.806. The lowest BCUT2D eigenvalue weighted by molar-refractivity contribution is 0.243. The molecule has 0 saturated carbocycles. The van der Waals surface area contributed by atoms with Crippen molar-refractivity contribution in [1.82, 2.24) is 19.5 Å². The number of piperidine rings is 1. The van der Waals surface area contributed by atoms with E-state index in [1.165, 1.54) is 12.4 Å². The molecule has 1 unspecified atom stereocenters. The zero-order valence-corrected chi connectivity index (χ0v) is 14.9. The second-order valence-electron chi connectivity index (χ2n) is 6.49. The van der Waals surface area contributed by atoms with Crippen molar-refractivity contribution in [3.05, 3.63) is 47.0 Å². The van der Waals surface area contributed by atoms with Crippen LogP contribution in [-0.4, -0.2) is 44.8 Å². The molecule has 10 heteroatoms. The van der Waals surface area contributed by atoms with Gasteiger partial charge in [0.1, 0.15) is 12.0 Å². The molecule has 0 amide bonds. The van der Waals surface area contributed by atoms with Gasteiger partial charge in [-0.05, 0) is 6.42 Å². The topological polar surface area (TPSA) is 72.9 Å². The normalized spacial score (nSPS) is 20.4. The van der Waals surface area contributed by atoms with Crippen LogP contribution in [0.15, 0.2) is 24.5 Å². The highest BCUT2D eigenvalue weighted by Gasteiger charge is 2.29. The van der Waals surface area contributed by atoms with Gasteiger partial charge < -0.3 is 15.2 Å². The van der Waals surface area contributed by atoms with E-state index in [1.54, 1.807) is 4.57 Å². The van der Waals surface area contributed by atoms with Gasteiger partial charge >= 0.3 is 0 Å². The summed E-state index contributed by atoms with van der Waals surface area (Å²) in [5, 5.41) is 0.388. The maximum absolute atomic E-state index is 13.8. The molecule has 0 radical (unpaired) electrons. The summed E-state index contributed by atoms with van der Waals surface area (Å²) in [5.41, 5.74) is 6.53. The minimum Gasteiger partial charge on any atom is -0.340 e. The summed E-state index contributed by atoms with van der Waals surface area (Å²) in [6.07, 6.45) is 2.07. The molecule has 0 aliphatic carbocycles. The predicted octanol–water partition coefficient (Wildman–Crippen LogP) is 2.68. The third kappa shape index (κ3) is 3.44. The fourth-order valence-corrected chi connectivity index (χ4v) is 3.30. The Labute approximate surface area is 157 Å². The number of anilines is 1. The Kier molecular flexibility index (Phi) is 4.65. The number of alkyl halides is 1. The van der Waals surface area contributed by atoms with Gasteiger partial charge in [0, 0.05) is 37.6 Å². The Morgan fingerprint density at radius 1 is 1.19 bits per heavy atom. The first-order chi connectivity index (χ1) is 12.9. The van der Waals surface area contributed by atoms with Gasteiger partial charge in [0.2, 0.25) is 5.95 Å². The SMILES string of the molecule is N[C@@H]1CN(c2nc3cc(F)c(F)cc3n2Cc2ncc(Cl)cn2)CCC1F. The zero-order chi connectivity index (χ0) is 19.1. The lowest BCUT2D eigenvalue weighted by Gasteiger charge is -2.34. The van der Waals surface area contributed by atoms with E-state index >= 15 is 0 Å². The van der Waals surface area contributed by atoms with Crippen molar-refractivity contribution in [3.63, 3.8) is 0 Å². The summed E-state index contributed by atoms with van der Waals surface area (Å²) >= 11 is 5.82. The molecule has 1 saturated heterocycles. The van der Waals surface area contributed by atoms with Crippen molar-refractivity contribution in [2.24, 2.45) is 5.73 Å². The highest BCUT2D eigenvalue weighted by Crippen LogP contribution is 2.28. The average Bonchev–Trinajstić information content (AvgIpc) is 2.97. The minimum absolute atomic E-state index is 0.166. The van der Waals surface area contributed by atoms with Crippen LogP contribution in [0.25, 0.3) is 11.0 Å². The molecule has 2 aromatic heterocycles. The third-order valence-electron chi connectivity index (χ3n) is 4.60. The van der Waals surface area contributed by atoms with Gasteiger partial charge in [-0.25, -0.2) is 28.1 Å². The summed E-state index contributed by atoms with van der Waals surface area (Å²) in [5.74, 6) is -1.10. The lowest BCUT2D eigenvalue weighted by Crippen LogP contribution is -2.50. The molecule has 1 fully saturated rings. The van der Waals surface area contributed by atoms with E-state index in [2.05, 4.69) is 15.0 Å². The molecular formula is C17H16ClF3N6. The molecule has 27 heavy (non-hydrogen) atoms. The van der Waals surface area contributed by atoms with Crippen LogP contribution in [-0.2, 0) is 6.54 Å². The third-order valence-corrected chi connectivity index (χ3v) is 4.79. The number of imidazole rings is 1. The maximum atomic E-state index is 13.8. The molecule has 2 N–H and O–H groups in total. The number of halogens is 4. The van der Waals surface area contributed by atoms with E-state index in [4.69, 9.17) is 17.3 Å². The van der Waals surface area contributed by atoms with Crippen molar-refractivity contribution in [2.75, 3.05) is 18.0 Å². The second kappa shape index (κ2) is 6.97. The van der Waals surface area contributed by atoms with E-state index in [1.807, 2.05) is 4.90 Å². The number of hydrogen-bond donors (Lipinski definition) is 1. The van der Waals surface area contributed by atoms with Gasteiger partial charge in [-0.2, -0.15) is 0 Å². The first-order valence-electron chi connectivity index (χ1n) is 8.38. The minimum atomic E-state index is -1.09. The highest BCUT2D eigenvalue weighted by molar-refractivity contribution is 6.30. The first-order valence-corrected chi connectivity index (χ1v) is 8.76. The summed E-state index contributed by atoms with van der Waals surface area (Å²) in [7, 11) is 0. The fourth-order valence-electron chi connectivity index (χ4n) is 3.20. The molecule has 1 aliphatic rings. The molecule has 0 bridgehead atoms. The van der Waals surface area contributed by atoms with E-state index in [-0.39, 0.29) is 25.0 Å². The second-order valence-corrected chi connectivity index (χ2v) is 6.92. The quantitative estimate of drug-likeness (QED) is 0.737. The smallest absolute Gasteiger partial charge is 0.207 e. The molecule has 1 aliphatic heterocycles. The first kappa shape index (κ1) is 18.0. The number of nitrogens with zero attached hydrogens (tertiary/aromatic N) is 5. The Hall–Kier alpha value is -2.39. The standard InChI is InChI=1S/C17H16ClF3N6/c18-9-5-23-16(24-6-9)8-27-15-4-12(21)11(20)3-14(15)25-17(27)26-2-1-10(19)13(22)7-26/h3-6,10,13H,1-2,7-8,22H2/t10?,13-/m1/s1. The van der Waals surface area contributed by atoms with Crippen molar-refractivity contribution in [2.45, 2.75) is 25.2 Å². The van der Waals surface area contributed by atoms with Crippen molar-refractivity contribution in [3.8, 4) is 0 Å². The van der Waals surface area contributed by atoms with Crippen molar-refractivity contribution < 1.29 is 13.2 Å². The van der Waals surface area contributed by atoms with Gasteiger partial charge in [-0.1, -0.05) is 11.6 Å². The number of aromatic nitrogens is 4. The van der Waals surface area contributed by atoms with Gasteiger partial charge in [0.05, 0.1) is 28.6 Å². The Bertz CT molecular complexity index is 977.